The van der Waals surface area contributed by atoms with Gasteiger partial charge in [0.05, 0.1) is 26.2 Å². The lowest BCUT2D eigenvalue weighted by Crippen LogP contribution is -2.41. The molecule has 1 aliphatic rings. The molecular formula is C22H24N4. The Morgan fingerprint density at radius 1 is 0.577 bits per heavy atom. The normalized spacial score (nSPS) is 15.8. The van der Waals surface area contributed by atoms with Gasteiger partial charge in [0.15, 0.2) is 0 Å². The number of nitrogens with zero attached hydrogens (tertiary/aromatic N) is 4. The average Bonchev–Trinajstić information content (AvgIpc) is 2.71. The minimum absolute atomic E-state index is 0.884. The van der Waals surface area contributed by atoms with Gasteiger partial charge in [-0.15, -0.1) is 0 Å². The standard InChI is InChI=1S/C22H24N4/c1-3-9-21(10-4-1)13-7-15-23-25-17-19-26(20-18-25)24-16-8-14-22-11-5-2-6-12-22/h1-16H,17-20H2/b13-7-,14-8-,23-15-,24-16+. The van der Waals surface area contributed by atoms with Crippen LogP contribution in [0.15, 0.2) is 83.0 Å². The lowest BCUT2D eigenvalue weighted by Gasteiger charge is -2.30. The SMILES string of the molecule is C(=C/c1ccccc1)/C=N\N1CCN(/N=C/C=C\c2ccccc2)CC1. The second kappa shape index (κ2) is 9.99. The molecule has 4 heteroatoms. The molecule has 1 saturated heterocycles. The van der Waals surface area contributed by atoms with Gasteiger partial charge in [-0.2, -0.15) is 10.2 Å². The van der Waals surface area contributed by atoms with Crippen LogP contribution in [0.2, 0.25) is 0 Å². The van der Waals surface area contributed by atoms with Gasteiger partial charge in [0, 0.05) is 12.4 Å². The predicted molar refractivity (Wildman–Crippen MR) is 111 cm³/mol. The van der Waals surface area contributed by atoms with E-state index in [0.717, 1.165) is 26.2 Å². The molecule has 0 atom stereocenters. The molecule has 0 amide bonds. The van der Waals surface area contributed by atoms with Gasteiger partial charge in [0.2, 0.25) is 0 Å². The van der Waals surface area contributed by atoms with E-state index in [1.165, 1.54) is 11.1 Å². The first kappa shape index (κ1) is 17.7. The smallest absolute Gasteiger partial charge is 0.0553 e. The van der Waals surface area contributed by atoms with Gasteiger partial charge in [-0.3, -0.25) is 10.0 Å². The quantitative estimate of drug-likeness (QED) is 0.742. The van der Waals surface area contributed by atoms with E-state index in [-0.39, 0.29) is 0 Å². The Bertz CT molecular complexity index is 688. The number of benzene rings is 2. The Balaban J connectivity index is 1.38. The second-order valence-corrected chi connectivity index (χ2v) is 5.98. The molecule has 0 spiro atoms. The first-order chi connectivity index (χ1) is 12.9. The van der Waals surface area contributed by atoms with Gasteiger partial charge in [0.25, 0.3) is 0 Å². The zero-order chi connectivity index (χ0) is 17.9. The number of hydrogen-bond acceptors (Lipinski definition) is 4. The largest absolute Gasteiger partial charge is 0.293 e. The van der Waals surface area contributed by atoms with E-state index in [9.17, 15) is 0 Å². The van der Waals surface area contributed by atoms with Crippen LogP contribution >= 0.6 is 0 Å². The summed E-state index contributed by atoms with van der Waals surface area (Å²) in [5.74, 6) is 0. The summed E-state index contributed by atoms with van der Waals surface area (Å²) in [6.07, 6.45) is 11.8. The third-order valence-corrected chi connectivity index (χ3v) is 4.04. The van der Waals surface area contributed by atoms with Crippen LogP contribution in [0.25, 0.3) is 12.2 Å². The fourth-order valence-electron chi connectivity index (χ4n) is 2.62. The molecule has 0 aliphatic carbocycles. The van der Waals surface area contributed by atoms with Gasteiger partial charge in [-0.25, -0.2) is 0 Å². The fourth-order valence-corrected chi connectivity index (χ4v) is 2.62. The molecule has 0 bridgehead atoms. The molecule has 1 heterocycles. The first-order valence-corrected chi connectivity index (χ1v) is 8.91. The Kier molecular flexibility index (Phi) is 6.79. The molecule has 26 heavy (non-hydrogen) atoms. The van der Waals surface area contributed by atoms with Crippen molar-refractivity contribution in [2.75, 3.05) is 26.2 Å². The lowest BCUT2D eigenvalue weighted by molar-refractivity contribution is 0.141. The van der Waals surface area contributed by atoms with E-state index in [2.05, 4.69) is 56.6 Å². The molecule has 1 aliphatic heterocycles. The Labute approximate surface area is 155 Å². The molecule has 132 valence electrons. The summed E-state index contributed by atoms with van der Waals surface area (Å²) < 4.78 is 0. The highest BCUT2D eigenvalue weighted by atomic mass is 15.5. The summed E-state index contributed by atoms with van der Waals surface area (Å²) in [5.41, 5.74) is 2.36. The minimum atomic E-state index is 0.884. The van der Waals surface area contributed by atoms with E-state index in [4.69, 9.17) is 0 Å². The molecule has 0 saturated carbocycles. The molecule has 0 N–H and O–H groups in total. The van der Waals surface area contributed by atoms with Gasteiger partial charge in [0.1, 0.15) is 0 Å². The van der Waals surface area contributed by atoms with Gasteiger partial charge in [-0.1, -0.05) is 72.8 Å². The van der Waals surface area contributed by atoms with Crippen molar-refractivity contribution in [1.29, 1.82) is 0 Å². The topological polar surface area (TPSA) is 31.2 Å². The zero-order valence-electron chi connectivity index (χ0n) is 14.9. The van der Waals surface area contributed by atoms with E-state index < -0.39 is 0 Å². The number of hydrazone groups is 2. The first-order valence-electron chi connectivity index (χ1n) is 8.91. The lowest BCUT2D eigenvalue weighted by atomic mass is 10.2. The van der Waals surface area contributed by atoms with E-state index in [1.54, 1.807) is 0 Å². The molecule has 2 aromatic carbocycles. The van der Waals surface area contributed by atoms with Crippen LogP contribution in [-0.4, -0.2) is 48.6 Å². The Morgan fingerprint density at radius 2 is 0.962 bits per heavy atom. The molecule has 0 unspecified atom stereocenters. The predicted octanol–water partition coefficient (Wildman–Crippen LogP) is 4.00. The molecule has 0 aromatic heterocycles. The van der Waals surface area contributed by atoms with Crippen molar-refractivity contribution in [2.45, 2.75) is 0 Å². The number of hydrogen-bond donors (Lipinski definition) is 0. The number of rotatable bonds is 6. The molecule has 0 radical (unpaired) electrons. The van der Waals surface area contributed by atoms with Gasteiger partial charge >= 0.3 is 0 Å². The summed E-state index contributed by atoms with van der Waals surface area (Å²) in [6.45, 7) is 3.54. The van der Waals surface area contributed by atoms with E-state index >= 15 is 0 Å². The van der Waals surface area contributed by atoms with Crippen molar-refractivity contribution in [3.8, 4) is 0 Å². The van der Waals surface area contributed by atoms with Crippen molar-refractivity contribution in [2.24, 2.45) is 10.2 Å². The van der Waals surface area contributed by atoms with Crippen LogP contribution < -0.4 is 0 Å². The van der Waals surface area contributed by atoms with Crippen LogP contribution in [0.1, 0.15) is 11.1 Å². The minimum Gasteiger partial charge on any atom is -0.293 e. The summed E-state index contributed by atoms with van der Waals surface area (Å²) >= 11 is 0. The highest BCUT2D eigenvalue weighted by Gasteiger charge is 2.12. The summed E-state index contributed by atoms with van der Waals surface area (Å²) in [6, 6.07) is 20.5. The van der Waals surface area contributed by atoms with Crippen molar-refractivity contribution in [3.05, 3.63) is 83.9 Å². The number of allylic oxidation sites excluding steroid dienone is 2. The summed E-state index contributed by atoms with van der Waals surface area (Å²) in [5, 5.41) is 13.2. The maximum Gasteiger partial charge on any atom is 0.0553 e. The number of piperazine rings is 1. The van der Waals surface area contributed by atoms with Crippen molar-refractivity contribution in [1.82, 2.24) is 10.0 Å². The summed E-state index contributed by atoms with van der Waals surface area (Å²) in [7, 11) is 0. The van der Waals surface area contributed by atoms with Crippen LogP contribution in [0.5, 0.6) is 0 Å². The maximum absolute atomic E-state index is 4.50. The molecule has 2 aromatic rings. The Morgan fingerprint density at radius 3 is 1.35 bits per heavy atom. The second-order valence-electron chi connectivity index (χ2n) is 5.98. The van der Waals surface area contributed by atoms with Gasteiger partial charge < -0.3 is 0 Å². The van der Waals surface area contributed by atoms with Gasteiger partial charge in [-0.05, 0) is 23.3 Å². The molecular weight excluding hydrogens is 320 g/mol. The highest BCUT2D eigenvalue weighted by molar-refractivity contribution is 5.78. The molecule has 3 rings (SSSR count). The van der Waals surface area contributed by atoms with Crippen LogP contribution in [-0.2, 0) is 0 Å². The summed E-state index contributed by atoms with van der Waals surface area (Å²) in [4.78, 5) is 0. The van der Waals surface area contributed by atoms with Crippen molar-refractivity contribution < 1.29 is 0 Å². The maximum atomic E-state index is 4.50. The van der Waals surface area contributed by atoms with Crippen molar-refractivity contribution >= 4 is 24.6 Å². The molecule has 4 nitrogen and oxygen atoms in total. The fraction of sp³-hybridized carbons (Fsp3) is 0.182. The zero-order valence-corrected chi connectivity index (χ0v) is 14.9. The third-order valence-electron chi connectivity index (χ3n) is 4.04. The third kappa shape index (κ3) is 6.06. The van der Waals surface area contributed by atoms with E-state index in [0.29, 0.717) is 0 Å². The van der Waals surface area contributed by atoms with Crippen LogP contribution in [0, 0.1) is 0 Å². The average molecular weight is 344 g/mol. The molecule has 1 fully saturated rings. The van der Waals surface area contributed by atoms with Crippen LogP contribution in [0.3, 0.4) is 0 Å². The monoisotopic (exact) mass is 344 g/mol. The van der Waals surface area contributed by atoms with Crippen molar-refractivity contribution in [3.63, 3.8) is 0 Å². The highest BCUT2D eigenvalue weighted by Crippen LogP contribution is 2.04. The van der Waals surface area contributed by atoms with Crippen LogP contribution in [0.4, 0.5) is 0 Å². The van der Waals surface area contributed by atoms with E-state index in [1.807, 2.05) is 61.0 Å². The Hall–Kier alpha value is -3.14.